The summed E-state index contributed by atoms with van der Waals surface area (Å²) in [5.41, 5.74) is 8.98. The number of aryl methyl sites for hydroxylation is 3. The number of benzene rings is 1. The van der Waals surface area contributed by atoms with E-state index in [1.165, 1.54) is 40.2 Å². The van der Waals surface area contributed by atoms with Crippen LogP contribution in [0, 0.1) is 13.8 Å². The van der Waals surface area contributed by atoms with Crippen molar-refractivity contribution >= 4 is 5.69 Å². The van der Waals surface area contributed by atoms with E-state index in [1.54, 1.807) is 0 Å². The maximum absolute atomic E-state index is 4.57. The molecule has 0 saturated carbocycles. The number of anilines is 1. The van der Waals surface area contributed by atoms with E-state index in [9.17, 15) is 0 Å². The minimum atomic E-state index is 0.322. The van der Waals surface area contributed by atoms with Crippen LogP contribution in [0.1, 0.15) is 41.9 Å². The predicted octanol–water partition coefficient (Wildman–Crippen LogP) is 4.09. The quantitative estimate of drug-likeness (QED) is 0.701. The summed E-state index contributed by atoms with van der Waals surface area (Å²) in [6, 6.07) is 7.18. The van der Waals surface area contributed by atoms with Crippen LogP contribution in [0.15, 0.2) is 30.7 Å². The fourth-order valence-corrected chi connectivity index (χ4v) is 4.33. The average molecular weight is 364 g/mol. The molecule has 5 heteroatoms. The molecule has 1 aliphatic rings. The molecule has 3 heterocycles. The zero-order valence-corrected chi connectivity index (χ0v) is 17.0. The van der Waals surface area contributed by atoms with Gasteiger partial charge in [0.15, 0.2) is 0 Å². The summed E-state index contributed by atoms with van der Waals surface area (Å²) in [5, 5.41) is 4.57. The van der Waals surface area contributed by atoms with Crippen molar-refractivity contribution in [2.45, 2.75) is 46.1 Å². The molecule has 4 rings (SSSR count). The van der Waals surface area contributed by atoms with Gasteiger partial charge in [-0.05, 0) is 63.3 Å². The van der Waals surface area contributed by atoms with Crippen molar-refractivity contribution in [1.82, 2.24) is 19.3 Å². The van der Waals surface area contributed by atoms with Gasteiger partial charge in [0, 0.05) is 43.6 Å². The minimum absolute atomic E-state index is 0.322. The molecule has 142 valence electrons. The fraction of sp³-hybridized carbons (Fsp3) is 0.455. The highest BCUT2D eigenvalue weighted by molar-refractivity contribution is 5.67. The molecule has 0 bridgehead atoms. The van der Waals surface area contributed by atoms with Crippen LogP contribution in [0.5, 0.6) is 0 Å². The van der Waals surface area contributed by atoms with Crippen LogP contribution in [-0.2, 0) is 19.9 Å². The number of hydrogen-bond donors (Lipinski definition) is 0. The number of aromatic nitrogens is 4. The van der Waals surface area contributed by atoms with Crippen LogP contribution in [0.3, 0.4) is 0 Å². The summed E-state index contributed by atoms with van der Waals surface area (Å²) >= 11 is 0. The van der Waals surface area contributed by atoms with Gasteiger partial charge in [0.05, 0.1) is 23.9 Å². The van der Waals surface area contributed by atoms with E-state index in [2.05, 4.69) is 65.6 Å². The lowest BCUT2D eigenvalue weighted by atomic mass is 9.98. The minimum Gasteiger partial charge on any atom is -0.374 e. The lowest BCUT2D eigenvalue weighted by molar-refractivity contribution is 0.546. The summed E-state index contributed by atoms with van der Waals surface area (Å²) in [4.78, 5) is 6.83. The standard InChI is InChI=1S/C22H29N5/c1-15(11-20-16(2)24-26(5)17(20)3)27-14-23-13-22(27)19-8-9-21-18(12-19)7-6-10-25(21)4/h8-9,12-15H,6-7,10-11H2,1-5H3/t15-/m1/s1. The van der Waals surface area contributed by atoms with Gasteiger partial charge in [-0.2, -0.15) is 5.10 Å². The smallest absolute Gasteiger partial charge is 0.0953 e. The number of fused-ring (bicyclic) bond motifs is 1. The van der Waals surface area contributed by atoms with E-state index in [4.69, 9.17) is 0 Å². The van der Waals surface area contributed by atoms with Gasteiger partial charge < -0.3 is 9.47 Å². The van der Waals surface area contributed by atoms with Crippen molar-refractivity contribution < 1.29 is 0 Å². The summed E-state index contributed by atoms with van der Waals surface area (Å²) in [6.45, 7) is 7.66. The van der Waals surface area contributed by atoms with E-state index < -0.39 is 0 Å². The molecule has 0 amide bonds. The molecule has 3 aromatic rings. The summed E-state index contributed by atoms with van der Waals surface area (Å²) in [6.07, 6.45) is 7.30. The van der Waals surface area contributed by atoms with Crippen molar-refractivity contribution in [3.8, 4) is 11.3 Å². The lowest BCUT2D eigenvalue weighted by Crippen LogP contribution is -2.24. The molecule has 27 heavy (non-hydrogen) atoms. The Morgan fingerprint density at radius 3 is 2.74 bits per heavy atom. The van der Waals surface area contributed by atoms with Crippen LogP contribution in [0.4, 0.5) is 5.69 Å². The molecule has 1 aliphatic heterocycles. The van der Waals surface area contributed by atoms with Crippen LogP contribution >= 0.6 is 0 Å². The molecule has 0 N–H and O–H groups in total. The van der Waals surface area contributed by atoms with E-state index in [1.807, 2.05) is 24.3 Å². The first-order valence-electron chi connectivity index (χ1n) is 9.81. The third-order valence-electron chi connectivity index (χ3n) is 6.03. The molecule has 0 saturated heterocycles. The third-order valence-corrected chi connectivity index (χ3v) is 6.03. The van der Waals surface area contributed by atoms with Crippen molar-refractivity contribution in [2.75, 3.05) is 18.5 Å². The molecule has 2 aromatic heterocycles. The molecular formula is C22H29N5. The maximum Gasteiger partial charge on any atom is 0.0953 e. The van der Waals surface area contributed by atoms with Gasteiger partial charge in [-0.3, -0.25) is 4.68 Å². The zero-order valence-electron chi connectivity index (χ0n) is 17.0. The Kier molecular flexibility index (Phi) is 4.54. The molecule has 5 nitrogen and oxygen atoms in total. The van der Waals surface area contributed by atoms with Gasteiger partial charge in [0.1, 0.15) is 0 Å². The van der Waals surface area contributed by atoms with Crippen LogP contribution in [0.25, 0.3) is 11.3 Å². The van der Waals surface area contributed by atoms with E-state index in [0.717, 1.165) is 25.1 Å². The van der Waals surface area contributed by atoms with E-state index in [0.29, 0.717) is 6.04 Å². The molecule has 1 atom stereocenters. The molecule has 1 aromatic carbocycles. The molecular weight excluding hydrogens is 334 g/mol. The second kappa shape index (κ2) is 6.87. The first-order valence-corrected chi connectivity index (χ1v) is 9.81. The normalized spacial score (nSPS) is 15.1. The first kappa shape index (κ1) is 17.8. The van der Waals surface area contributed by atoms with Gasteiger partial charge in [-0.15, -0.1) is 0 Å². The van der Waals surface area contributed by atoms with E-state index >= 15 is 0 Å². The number of hydrogen-bond acceptors (Lipinski definition) is 3. The Labute approximate surface area is 161 Å². The first-order chi connectivity index (χ1) is 13.0. The van der Waals surface area contributed by atoms with Crippen molar-refractivity contribution in [3.05, 3.63) is 53.2 Å². The lowest BCUT2D eigenvalue weighted by Gasteiger charge is -2.28. The van der Waals surface area contributed by atoms with E-state index in [-0.39, 0.29) is 0 Å². The number of rotatable bonds is 4. The largest absolute Gasteiger partial charge is 0.374 e. The van der Waals surface area contributed by atoms with Crippen molar-refractivity contribution in [3.63, 3.8) is 0 Å². The van der Waals surface area contributed by atoms with Gasteiger partial charge in [-0.1, -0.05) is 6.07 Å². The van der Waals surface area contributed by atoms with Crippen molar-refractivity contribution in [1.29, 1.82) is 0 Å². The highest BCUT2D eigenvalue weighted by Gasteiger charge is 2.19. The maximum atomic E-state index is 4.57. The predicted molar refractivity (Wildman–Crippen MR) is 110 cm³/mol. The zero-order chi connectivity index (χ0) is 19.1. The molecule has 0 radical (unpaired) electrons. The van der Waals surface area contributed by atoms with Gasteiger partial charge in [0.2, 0.25) is 0 Å². The average Bonchev–Trinajstić information content (AvgIpc) is 3.23. The second-order valence-corrected chi connectivity index (χ2v) is 7.88. The Morgan fingerprint density at radius 1 is 1.19 bits per heavy atom. The Morgan fingerprint density at radius 2 is 2.00 bits per heavy atom. The van der Waals surface area contributed by atoms with Gasteiger partial charge >= 0.3 is 0 Å². The number of nitrogens with zero attached hydrogens (tertiary/aromatic N) is 5. The molecule has 0 spiro atoms. The summed E-state index contributed by atoms with van der Waals surface area (Å²) in [7, 11) is 4.20. The number of imidazole rings is 1. The summed E-state index contributed by atoms with van der Waals surface area (Å²) < 4.78 is 4.28. The second-order valence-electron chi connectivity index (χ2n) is 7.88. The van der Waals surface area contributed by atoms with Gasteiger partial charge in [-0.25, -0.2) is 4.98 Å². The fourth-order valence-electron chi connectivity index (χ4n) is 4.33. The molecule has 0 fully saturated rings. The molecule has 0 aliphatic carbocycles. The third kappa shape index (κ3) is 3.15. The van der Waals surface area contributed by atoms with Crippen molar-refractivity contribution in [2.24, 2.45) is 7.05 Å². The summed E-state index contributed by atoms with van der Waals surface area (Å²) in [5.74, 6) is 0. The van der Waals surface area contributed by atoms with Crippen LogP contribution < -0.4 is 4.90 Å². The highest BCUT2D eigenvalue weighted by atomic mass is 15.3. The Balaban J connectivity index is 1.65. The topological polar surface area (TPSA) is 38.9 Å². The van der Waals surface area contributed by atoms with Gasteiger partial charge in [0.25, 0.3) is 0 Å². The van der Waals surface area contributed by atoms with Crippen LogP contribution in [-0.4, -0.2) is 32.9 Å². The SMILES string of the molecule is Cc1nn(C)c(C)c1C[C@@H](C)n1cncc1-c1ccc2c(c1)CCCN2C. The Bertz CT molecular complexity index is 965. The molecule has 0 unspecified atom stereocenters. The highest BCUT2D eigenvalue weighted by Crippen LogP contribution is 2.32. The Hall–Kier alpha value is -2.56. The van der Waals surface area contributed by atoms with Crippen LogP contribution in [0.2, 0.25) is 0 Å². The monoisotopic (exact) mass is 363 g/mol.